The molecule has 0 aliphatic rings. The van der Waals surface area contributed by atoms with Gasteiger partial charge in [-0.2, -0.15) is 0 Å². The van der Waals surface area contributed by atoms with Crippen molar-refractivity contribution in [1.29, 1.82) is 0 Å². The number of anilines is 2. The molecule has 2 aromatic carbocycles. The number of hydrogen-bond acceptors (Lipinski definition) is 2. The Balaban J connectivity index is 1.94. The number of nitrogens with one attached hydrogen (secondary N) is 2. The van der Waals surface area contributed by atoms with Gasteiger partial charge in [-0.15, -0.1) is 0 Å². The lowest BCUT2D eigenvalue weighted by Gasteiger charge is -2.11. The van der Waals surface area contributed by atoms with Crippen molar-refractivity contribution in [3.8, 4) is 0 Å². The second-order valence-corrected chi connectivity index (χ2v) is 5.65. The second kappa shape index (κ2) is 6.77. The van der Waals surface area contributed by atoms with E-state index in [1.807, 2.05) is 49.4 Å². The van der Waals surface area contributed by atoms with Gasteiger partial charge in [0, 0.05) is 20.9 Å². The second-order valence-electron chi connectivity index (χ2n) is 4.32. The van der Waals surface area contributed by atoms with Crippen molar-refractivity contribution in [2.24, 2.45) is 0 Å². The van der Waals surface area contributed by atoms with Crippen LogP contribution >= 0.6 is 27.5 Å². The summed E-state index contributed by atoms with van der Waals surface area (Å²) in [7, 11) is 0. The Hall–Kier alpha value is -1.52. The highest BCUT2D eigenvalue weighted by Crippen LogP contribution is 2.22. The minimum atomic E-state index is -0.109. The Kier molecular flexibility index (Phi) is 5.04. The number of amides is 1. The summed E-state index contributed by atoms with van der Waals surface area (Å²) in [5, 5.41) is 6.59. The van der Waals surface area contributed by atoms with Crippen LogP contribution in [0.3, 0.4) is 0 Å². The zero-order valence-corrected chi connectivity index (χ0v) is 13.3. The number of rotatable bonds is 4. The Morgan fingerprint density at radius 1 is 1.25 bits per heavy atom. The maximum atomic E-state index is 11.9. The van der Waals surface area contributed by atoms with Gasteiger partial charge in [0.25, 0.3) is 0 Å². The maximum absolute atomic E-state index is 11.9. The van der Waals surface area contributed by atoms with Gasteiger partial charge in [-0.05, 0) is 42.8 Å². The van der Waals surface area contributed by atoms with Crippen LogP contribution in [0.2, 0.25) is 5.02 Å². The summed E-state index contributed by atoms with van der Waals surface area (Å²) in [6.07, 6.45) is 0. The van der Waals surface area contributed by atoms with Crippen LogP contribution in [0.15, 0.2) is 46.9 Å². The molecule has 0 radical (unpaired) electrons. The van der Waals surface area contributed by atoms with Crippen molar-refractivity contribution in [2.75, 3.05) is 17.2 Å². The first kappa shape index (κ1) is 14.9. The van der Waals surface area contributed by atoms with E-state index in [-0.39, 0.29) is 12.5 Å². The average molecular weight is 354 g/mol. The monoisotopic (exact) mass is 352 g/mol. The molecule has 3 nitrogen and oxygen atoms in total. The van der Waals surface area contributed by atoms with E-state index in [9.17, 15) is 4.79 Å². The molecule has 0 fully saturated rings. The Bertz CT molecular complexity index is 631. The van der Waals surface area contributed by atoms with E-state index in [1.54, 1.807) is 0 Å². The summed E-state index contributed by atoms with van der Waals surface area (Å²) < 4.78 is 0.925. The molecule has 0 atom stereocenters. The number of benzene rings is 2. The Morgan fingerprint density at radius 3 is 2.75 bits per heavy atom. The lowest BCUT2D eigenvalue weighted by atomic mass is 10.2. The summed E-state index contributed by atoms with van der Waals surface area (Å²) in [6, 6.07) is 13.0. The van der Waals surface area contributed by atoms with Crippen LogP contribution < -0.4 is 10.6 Å². The fraction of sp³-hybridized carbons (Fsp3) is 0.133. The SMILES string of the molecule is Cc1c(Cl)cccc1NCC(=O)Nc1cccc(Br)c1. The molecule has 2 aromatic rings. The number of carbonyl (C=O) groups is 1. The third kappa shape index (κ3) is 3.99. The smallest absolute Gasteiger partial charge is 0.243 e. The maximum Gasteiger partial charge on any atom is 0.243 e. The van der Waals surface area contributed by atoms with E-state index in [0.29, 0.717) is 5.02 Å². The molecule has 0 heterocycles. The van der Waals surface area contributed by atoms with Crippen molar-refractivity contribution in [2.45, 2.75) is 6.92 Å². The van der Waals surface area contributed by atoms with Gasteiger partial charge < -0.3 is 10.6 Å². The highest BCUT2D eigenvalue weighted by atomic mass is 79.9. The normalized spacial score (nSPS) is 10.2. The summed E-state index contributed by atoms with van der Waals surface area (Å²) >= 11 is 9.39. The van der Waals surface area contributed by atoms with Crippen molar-refractivity contribution in [3.63, 3.8) is 0 Å². The predicted molar refractivity (Wildman–Crippen MR) is 87.5 cm³/mol. The van der Waals surface area contributed by atoms with Crippen LogP contribution in [-0.4, -0.2) is 12.5 Å². The summed E-state index contributed by atoms with van der Waals surface area (Å²) in [6.45, 7) is 2.10. The molecule has 0 saturated carbocycles. The third-order valence-electron chi connectivity index (χ3n) is 2.82. The van der Waals surface area contributed by atoms with Crippen LogP contribution in [0.1, 0.15) is 5.56 Å². The van der Waals surface area contributed by atoms with Gasteiger partial charge in [-0.25, -0.2) is 0 Å². The van der Waals surface area contributed by atoms with Crippen molar-refractivity contribution in [3.05, 3.63) is 57.5 Å². The molecule has 5 heteroatoms. The molecule has 0 aromatic heterocycles. The minimum absolute atomic E-state index is 0.109. The first-order valence-electron chi connectivity index (χ1n) is 6.10. The highest BCUT2D eigenvalue weighted by Gasteiger charge is 2.05. The Morgan fingerprint density at radius 2 is 2.00 bits per heavy atom. The molecule has 2 rings (SSSR count). The quantitative estimate of drug-likeness (QED) is 0.852. The van der Waals surface area contributed by atoms with Crippen LogP contribution in [0.5, 0.6) is 0 Å². The van der Waals surface area contributed by atoms with E-state index in [4.69, 9.17) is 11.6 Å². The van der Waals surface area contributed by atoms with Crippen molar-refractivity contribution >= 4 is 44.8 Å². The molecule has 0 aliphatic carbocycles. The molecular weight excluding hydrogens is 340 g/mol. The van der Waals surface area contributed by atoms with Crippen LogP contribution in [0, 0.1) is 6.92 Å². The molecule has 1 amide bonds. The number of hydrogen-bond donors (Lipinski definition) is 2. The summed E-state index contributed by atoms with van der Waals surface area (Å²) in [5.74, 6) is -0.109. The average Bonchev–Trinajstić information content (AvgIpc) is 2.40. The molecule has 20 heavy (non-hydrogen) atoms. The van der Waals surface area contributed by atoms with Crippen LogP contribution in [0.25, 0.3) is 0 Å². The minimum Gasteiger partial charge on any atom is -0.376 e. The van der Waals surface area contributed by atoms with Gasteiger partial charge in [-0.3, -0.25) is 4.79 Å². The topological polar surface area (TPSA) is 41.1 Å². The zero-order chi connectivity index (χ0) is 14.5. The largest absolute Gasteiger partial charge is 0.376 e. The zero-order valence-electron chi connectivity index (χ0n) is 10.9. The van der Waals surface area contributed by atoms with Crippen molar-refractivity contribution < 1.29 is 4.79 Å². The molecule has 0 unspecified atom stereocenters. The standard InChI is InChI=1S/C15H14BrClN2O/c1-10-13(17)6-3-7-14(10)18-9-15(20)19-12-5-2-4-11(16)8-12/h2-8,18H,9H2,1H3,(H,19,20). The first-order chi connectivity index (χ1) is 9.56. The van der Waals surface area contributed by atoms with Crippen LogP contribution in [0.4, 0.5) is 11.4 Å². The lowest BCUT2D eigenvalue weighted by molar-refractivity contribution is -0.114. The van der Waals surface area contributed by atoms with Crippen molar-refractivity contribution in [1.82, 2.24) is 0 Å². The fourth-order valence-electron chi connectivity index (χ4n) is 1.75. The van der Waals surface area contributed by atoms with Crippen LogP contribution in [-0.2, 0) is 4.79 Å². The lowest BCUT2D eigenvalue weighted by Crippen LogP contribution is -2.22. The van der Waals surface area contributed by atoms with Gasteiger partial charge in [-0.1, -0.05) is 39.7 Å². The number of carbonyl (C=O) groups excluding carboxylic acids is 1. The molecule has 104 valence electrons. The Labute approximate surface area is 131 Å². The first-order valence-corrected chi connectivity index (χ1v) is 7.28. The van der Waals surface area contributed by atoms with Gasteiger partial charge in [0.2, 0.25) is 5.91 Å². The van der Waals surface area contributed by atoms with Gasteiger partial charge in [0.05, 0.1) is 6.54 Å². The molecule has 2 N–H and O–H groups in total. The molecule has 0 saturated heterocycles. The highest BCUT2D eigenvalue weighted by molar-refractivity contribution is 9.10. The van der Waals surface area contributed by atoms with E-state index in [2.05, 4.69) is 26.6 Å². The van der Waals surface area contributed by atoms with E-state index < -0.39 is 0 Å². The summed E-state index contributed by atoms with van der Waals surface area (Å²) in [4.78, 5) is 11.9. The fourth-order valence-corrected chi connectivity index (χ4v) is 2.32. The van der Waals surface area contributed by atoms with E-state index in [1.165, 1.54) is 0 Å². The number of halogens is 2. The molecular formula is C15H14BrClN2O. The van der Waals surface area contributed by atoms with E-state index >= 15 is 0 Å². The van der Waals surface area contributed by atoms with Gasteiger partial charge >= 0.3 is 0 Å². The predicted octanol–water partition coefficient (Wildman–Crippen LogP) is 4.46. The summed E-state index contributed by atoms with van der Waals surface area (Å²) in [5.41, 5.74) is 2.56. The van der Waals surface area contributed by atoms with Gasteiger partial charge in [0.15, 0.2) is 0 Å². The van der Waals surface area contributed by atoms with E-state index in [0.717, 1.165) is 21.4 Å². The third-order valence-corrected chi connectivity index (χ3v) is 3.72. The van der Waals surface area contributed by atoms with Gasteiger partial charge in [0.1, 0.15) is 0 Å². The molecule has 0 aliphatic heterocycles. The molecule has 0 spiro atoms. The molecule has 0 bridgehead atoms.